The van der Waals surface area contributed by atoms with Gasteiger partial charge in [0.1, 0.15) is 0 Å². The summed E-state index contributed by atoms with van der Waals surface area (Å²) >= 11 is 0. The summed E-state index contributed by atoms with van der Waals surface area (Å²) in [6.07, 6.45) is 1.54. The minimum atomic E-state index is -0.134. The van der Waals surface area contributed by atoms with Crippen LogP contribution in [0, 0.1) is 5.92 Å². The van der Waals surface area contributed by atoms with Crippen molar-refractivity contribution in [1.29, 1.82) is 0 Å². The molecular weight excluding hydrogens is 180 g/mol. The van der Waals surface area contributed by atoms with Crippen LogP contribution in [0.5, 0.6) is 0 Å². The Hall–Kier alpha value is -0.610. The molecule has 0 spiro atoms. The average Bonchev–Trinajstić information content (AvgIpc) is 2.12. The second kappa shape index (κ2) is 4.75. The van der Waals surface area contributed by atoms with Crippen molar-refractivity contribution in [2.75, 3.05) is 20.6 Å². The Balaban J connectivity index is 2.27. The molecule has 0 aromatic rings. The smallest absolute Gasteiger partial charge is 0.239 e. The molecule has 2 N–H and O–H groups in total. The Kier molecular flexibility index (Phi) is 3.89. The second-order valence-electron chi connectivity index (χ2n) is 4.22. The zero-order valence-electron chi connectivity index (χ0n) is 9.16. The molecule has 0 saturated heterocycles. The fourth-order valence-corrected chi connectivity index (χ4v) is 1.78. The van der Waals surface area contributed by atoms with E-state index in [0.29, 0.717) is 5.92 Å². The third-order valence-corrected chi connectivity index (χ3v) is 2.92. The first-order chi connectivity index (χ1) is 6.54. The van der Waals surface area contributed by atoms with Crippen molar-refractivity contribution in [2.24, 2.45) is 5.92 Å². The molecule has 0 bridgehead atoms. The predicted octanol–water partition coefficient (Wildman–Crippen LogP) is -0.176. The van der Waals surface area contributed by atoms with Gasteiger partial charge in [-0.2, -0.15) is 0 Å². The normalized spacial score (nSPS) is 28.0. The van der Waals surface area contributed by atoms with Crippen molar-refractivity contribution in [1.82, 2.24) is 10.2 Å². The zero-order valence-corrected chi connectivity index (χ0v) is 9.16. The zero-order chi connectivity index (χ0) is 10.7. The highest BCUT2D eigenvalue weighted by Gasteiger charge is 2.29. The summed E-state index contributed by atoms with van der Waals surface area (Å²) < 4.78 is 0. The molecule has 82 valence electrons. The van der Waals surface area contributed by atoms with E-state index in [1.54, 1.807) is 11.9 Å². The van der Waals surface area contributed by atoms with Crippen LogP contribution in [0.1, 0.15) is 19.8 Å². The van der Waals surface area contributed by atoms with E-state index in [4.69, 9.17) is 5.11 Å². The summed E-state index contributed by atoms with van der Waals surface area (Å²) in [5.74, 6) is 0.608. The van der Waals surface area contributed by atoms with Gasteiger partial charge in [-0.15, -0.1) is 0 Å². The van der Waals surface area contributed by atoms with Gasteiger partial charge in [-0.1, -0.05) is 0 Å². The van der Waals surface area contributed by atoms with E-state index >= 15 is 0 Å². The fraction of sp³-hybridized carbons (Fsp3) is 0.900. The molecule has 0 aliphatic heterocycles. The molecule has 1 rings (SSSR count). The van der Waals surface area contributed by atoms with E-state index in [1.165, 1.54) is 0 Å². The number of likely N-dealkylation sites (N-methyl/N-ethyl adjacent to an activating group) is 2. The lowest BCUT2D eigenvalue weighted by molar-refractivity contribution is -0.133. The van der Waals surface area contributed by atoms with E-state index in [-0.39, 0.29) is 18.1 Å². The van der Waals surface area contributed by atoms with Gasteiger partial charge in [0.25, 0.3) is 0 Å². The van der Waals surface area contributed by atoms with Crippen molar-refractivity contribution in [3.8, 4) is 0 Å². The van der Waals surface area contributed by atoms with Crippen LogP contribution in [0.3, 0.4) is 0 Å². The number of nitrogens with zero attached hydrogens (tertiary/aromatic N) is 1. The van der Waals surface area contributed by atoms with Crippen molar-refractivity contribution < 1.29 is 9.90 Å². The largest absolute Gasteiger partial charge is 0.393 e. The summed E-state index contributed by atoms with van der Waals surface area (Å²) in [5.41, 5.74) is 0. The topological polar surface area (TPSA) is 52.6 Å². The molecule has 1 saturated carbocycles. The van der Waals surface area contributed by atoms with Gasteiger partial charge in [-0.3, -0.25) is 4.79 Å². The number of nitrogens with one attached hydrogen (secondary N) is 1. The number of carbonyl (C=O) groups excluding carboxylic acids is 1. The number of aliphatic hydroxyl groups is 1. The van der Waals surface area contributed by atoms with Crippen molar-refractivity contribution in [3.05, 3.63) is 0 Å². The van der Waals surface area contributed by atoms with Crippen LogP contribution in [0.15, 0.2) is 0 Å². The van der Waals surface area contributed by atoms with Gasteiger partial charge >= 0.3 is 0 Å². The molecule has 1 fully saturated rings. The lowest BCUT2D eigenvalue weighted by Gasteiger charge is -2.35. The number of hydrogen-bond donors (Lipinski definition) is 2. The van der Waals surface area contributed by atoms with Gasteiger partial charge in [0.2, 0.25) is 5.91 Å². The summed E-state index contributed by atoms with van der Waals surface area (Å²) in [6, 6.07) is -0.120. The highest BCUT2D eigenvalue weighted by Crippen LogP contribution is 2.27. The van der Waals surface area contributed by atoms with Gasteiger partial charge in [-0.25, -0.2) is 0 Å². The van der Waals surface area contributed by atoms with E-state index < -0.39 is 0 Å². The van der Waals surface area contributed by atoms with E-state index in [9.17, 15) is 4.79 Å². The van der Waals surface area contributed by atoms with Crippen LogP contribution in [0.4, 0.5) is 0 Å². The van der Waals surface area contributed by atoms with Gasteiger partial charge in [-0.05, 0) is 32.7 Å². The molecule has 0 aromatic heterocycles. The monoisotopic (exact) mass is 200 g/mol. The summed E-state index contributed by atoms with van der Waals surface area (Å²) in [7, 11) is 3.60. The molecule has 14 heavy (non-hydrogen) atoms. The average molecular weight is 200 g/mol. The Bertz CT molecular complexity index is 202. The lowest BCUT2D eigenvalue weighted by atomic mass is 9.82. The van der Waals surface area contributed by atoms with E-state index in [0.717, 1.165) is 19.4 Å². The number of rotatable bonds is 4. The Morgan fingerprint density at radius 3 is 2.64 bits per heavy atom. The predicted molar refractivity (Wildman–Crippen MR) is 54.9 cm³/mol. The maximum absolute atomic E-state index is 11.6. The number of hydrogen-bond acceptors (Lipinski definition) is 3. The molecule has 0 radical (unpaired) electrons. The molecular formula is C10H20N2O2. The van der Waals surface area contributed by atoms with Crippen LogP contribution >= 0.6 is 0 Å². The van der Waals surface area contributed by atoms with Gasteiger partial charge in [0, 0.05) is 13.6 Å². The van der Waals surface area contributed by atoms with Crippen LogP contribution in [-0.2, 0) is 4.79 Å². The summed E-state index contributed by atoms with van der Waals surface area (Å²) in [4.78, 5) is 13.4. The van der Waals surface area contributed by atoms with Gasteiger partial charge in [0.05, 0.1) is 12.1 Å². The van der Waals surface area contributed by atoms with Gasteiger partial charge in [0.15, 0.2) is 0 Å². The number of aliphatic hydroxyl groups excluding tert-OH is 1. The molecule has 1 aliphatic rings. The van der Waals surface area contributed by atoms with Crippen molar-refractivity contribution in [3.63, 3.8) is 0 Å². The maximum atomic E-state index is 11.6. The van der Waals surface area contributed by atoms with Crippen LogP contribution in [0.2, 0.25) is 0 Å². The molecule has 4 heteroatoms. The van der Waals surface area contributed by atoms with Gasteiger partial charge < -0.3 is 15.3 Å². The molecule has 1 atom stereocenters. The molecule has 1 aliphatic carbocycles. The van der Waals surface area contributed by atoms with Crippen LogP contribution in [-0.4, -0.2) is 48.7 Å². The fourth-order valence-electron chi connectivity index (χ4n) is 1.78. The molecule has 0 heterocycles. The molecule has 0 aromatic carbocycles. The highest BCUT2D eigenvalue weighted by atomic mass is 16.3. The standard InChI is InChI=1S/C10H20N2O2/c1-7(11-2)10(14)12(3)6-8-4-9(13)5-8/h7-9,11,13H,4-6H2,1-3H3. The first-order valence-electron chi connectivity index (χ1n) is 5.15. The minimum Gasteiger partial charge on any atom is -0.393 e. The van der Waals surface area contributed by atoms with Crippen LogP contribution in [0.25, 0.3) is 0 Å². The third kappa shape index (κ3) is 2.69. The Morgan fingerprint density at radius 1 is 1.64 bits per heavy atom. The van der Waals surface area contributed by atoms with Crippen LogP contribution < -0.4 is 5.32 Å². The molecule has 1 unspecified atom stereocenters. The number of amides is 1. The first-order valence-corrected chi connectivity index (χ1v) is 5.15. The minimum absolute atomic E-state index is 0.119. The Morgan fingerprint density at radius 2 is 2.21 bits per heavy atom. The lowest BCUT2D eigenvalue weighted by Crippen LogP contribution is -2.45. The first kappa shape index (κ1) is 11.5. The maximum Gasteiger partial charge on any atom is 0.239 e. The summed E-state index contributed by atoms with van der Waals surface area (Å²) in [5, 5.41) is 12.0. The molecule has 1 amide bonds. The van der Waals surface area contributed by atoms with E-state index in [1.807, 2.05) is 14.0 Å². The Labute approximate surface area is 85.3 Å². The van der Waals surface area contributed by atoms with E-state index in [2.05, 4.69) is 5.32 Å². The SMILES string of the molecule is CNC(C)C(=O)N(C)CC1CC(O)C1. The molecule has 4 nitrogen and oxygen atoms in total. The number of carbonyl (C=O) groups is 1. The van der Waals surface area contributed by atoms with Crippen molar-refractivity contribution >= 4 is 5.91 Å². The quantitative estimate of drug-likeness (QED) is 0.662. The third-order valence-electron chi connectivity index (χ3n) is 2.92. The summed E-state index contributed by atoms with van der Waals surface area (Å²) in [6.45, 7) is 2.62. The highest BCUT2D eigenvalue weighted by molar-refractivity contribution is 5.81. The van der Waals surface area contributed by atoms with Crippen molar-refractivity contribution in [2.45, 2.75) is 31.9 Å². The second-order valence-corrected chi connectivity index (χ2v) is 4.22.